The zero-order chi connectivity index (χ0) is 11.5. The van der Waals surface area contributed by atoms with E-state index in [1.165, 1.54) is 0 Å². The molecule has 0 bridgehead atoms. The van der Waals surface area contributed by atoms with E-state index in [1.54, 1.807) is 0 Å². The summed E-state index contributed by atoms with van der Waals surface area (Å²) in [4.78, 5) is 0. The summed E-state index contributed by atoms with van der Waals surface area (Å²) >= 11 is 0. The predicted octanol–water partition coefficient (Wildman–Crippen LogP) is 2.52. The van der Waals surface area contributed by atoms with Crippen LogP contribution in [0, 0.1) is 0 Å². The van der Waals surface area contributed by atoms with Gasteiger partial charge in [0.2, 0.25) is 0 Å². The minimum atomic E-state index is 0.0471. The maximum absolute atomic E-state index is 8.56. The molecule has 0 aliphatic carbocycles. The van der Waals surface area contributed by atoms with Crippen molar-refractivity contribution < 1.29 is 9.84 Å². The number of nitrogens with one attached hydrogen (secondary N) is 1. The van der Waals surface area contributed by atoms with Crippen LogP contribution in [-0.4, -0.2) is 24.9 Å². The third-order valence-electron chi connectivity index (χ3n) is 1.57. The van der Waals surface area contributed by atoms with Crippen molar-refractivity contribution in [3.8, 4) is 5.75 Å². The zero-order valence-corrected chi connectivity index (χ0v) is 9.79. The number of hydrogen-bond donors (Lipinski definition) is 2. The Kier molecular flexibility index (Phi) is 8.58. The molecular formula is C12H21NO2. The highest BCUT2D eigenvalue weighted by molar-refractivity contribution is 5.47. The molecule has 0 aliphatic heterocycles. The number of rotatable bonds is 5. The van der Waals surface area contributed by atoms with Gasteiger partial charge in [-0.3, -0.25) is 0 Å². The van der Waals surface area contributed by atoms with Crippen molar-refractivity contribution in [2.75, 3.05) is 25.1 Å². The van der Waals surface area contributed by atoms with Gasteiger partial charge in [0.05, 0.1) is 6.61 Å². The van der Waals surface area contributed by atoms with Crippen LogP contribution in [0.15, 0.2) is 24.3 Å². The molecule has 0 spiro atoms. The Balaban J connectivity index is 0.000000921. The first kappa shape index (κ1) is 13.8. The Labute approximate surface area is 92.1 Å². The maximum atomic E-state index is 8.56. The van der Waals surface area contributed by atoms with Gasteiger partial charge in [-0.25, -0.2) is 0 Å². The summed E-state index contributed by atoms with van der Waals surface area (Å²) < 4.78 is 5.25. The number of anilines is 1. The highest BCUT2D eigenvalue weighted by atomic mass is 16.5. The van der Waals surface area contributed by atoms with E-state index in [0.29, 0.717) is 6.61 Å². The summed E-state index contributed by atoms with van der Waals surface area (Å²) in [6.45, 7) is 7.33. The van der Waals surface area contributed by atoms with Gasteiger partial charge in [0.1, 0.15) is 12.4 Å². The second-order valence-corrected chi connectivity index (χ2v) is 2.63. The fraction of sp³-hybridized carbons (Fsp3) is 0.500. The van der Waals surface area contributed by atoms with Gasteiger partial charge in [-0.1, -0.05) is 19.9 Å². The minimum absolute atomic E-state index is 0.0471. The Bertz CT molecular complexity index is 251. The lowest BCUT2D eigenvalue weighted by Gasteiger charge is -2.07. The predicted molar refractivity (Wildman–Crippen MR) is 64.5 cm³/mol. The standard InChI is InChI=1S/C10H15NO2.C2H6/c1-2-11-9-4-3-5-10(8-9)13-7-6-12;1-2/h3-5,8,11-12H,2,6-7H2,1H3;1-2H3. The molecule has 0 atom stereocenters. The van der Waals surface area contributed by atoms with Crippen LogP contribution in [-0.2, 0) is 0 Å². The minimum Gasteiger partial charge on any atom is -0.491 e. The first-order valence-corrected chi connectivity index (χ1v) is 5.44. The Hall–Kier alpha value is -1.22. The largest absolute Gasteiger partial charge is 0.491 e. The summed E-state index contributed by atoms with van der Waals surface area (Å²) in [7, 11) is 0. The summed E-state index contributed by atoms with van der Waals surface area (Å²) in [6.07, 6.45) is 0. The normalized spacial score (nSPS) is 8.80. The summed E-state index contributed by atoms with van der Waals surface area (Å²) in [5, 5.41) is 11.7. The number of aliphatic hydroxyl groups excluding tert-OH is 1. The van der Waals surface area contributed by atoms with Gasteiger partial charge < -0.3 is 15.2 Å². The van der Waals surface area contributed by atoms with Crippen LogP contribution < -0.4 is 10.1 Å². The molecular weight excluding hydrogens is 190 g/mol. The highest BCUT2D eigenvalue weighted by Crippen LogP contribution is 2.16. The second-order valence-electron chi connectivity index (χ2n) is 2.63. The van der Waals surface area contributed by atoms with E-state index in [-0.39, 0.29) is 6.61 Å². The molecule has 1 rings (SSSR count). The molecule has 0 fully saturated rings. The van der Waals surface area contributed by atoms with Gasteiger partial charge in [-0.05, 0) is 19.1 Å². The van der Waals surface area contributed by atoms with Crippen LogP contribution in [0.4, 0.5) is 5.69 Å². The summed E-state index contributed by atoms with van der Waals surface area (Å²) in [5.74, 6) is 0.785. The van der Waals surface area contributed by atoms with Crippen molar-refractivity contribution in [2.24, 2.45) is 0 Å². The number of ether oxygens (including phenoxy) is 1. The Morgan fingerprint density at radius 1 is 1.33 bits per heavy atom. The first-order valence-electron chi connectivity index (χ1n) is 5.44. The fourth-order valence-electron chi connectivity index (χ4n) is 1.06. The third-order valence-corrected chi connectivity index (χ3v) is 1.57. The van der Waals surface area contributed by atoms with Gasteiger partial charge >= 0.3 is 0 Å². The zero-order valence-electron chi connectivity index (χ0n) is 9.79. The number of hydrogen-bond acceptors (Lipinski definition) is 3. The van der Waals surface area contributed by atoms with E-state index in [0.717, 1.165) is 18.0 Å². The molecule has 2 N–H and O–H groups in total. The number of benzene rings is 1. The Morgan fingerprint density at radius 3 is 2.67 bits per heavy atom. The van der Waals surface area contributed by atoms with E-state index >= 15 is 0 Å². The van der Waals surface area contributed by atoms with Crippen molar-refractivity contribution in [3.05, 3.63) is 24.3 Å². The molecule has 0 aliphatic rings. The number of aliphatic hydroxyl groups is 1. The monoisotopic (exact) mass is 211 g/mol. The van der Waals surface area contributed by atoms with Gasteiger partial charge in [-0.2, -0.15) is 0 Å². The molecule has 1 aromatic rings. The molecule has 0 unspecified atom stereocenters. The maximum Gasteiger partial charge on any atom is 0.121 e. The quantitative estimate of drug-likeness (QED) is 0.786. The second kappa shape index (κ2) is 9.34. The summed E-state index contributed by atoms with van der Waals surface area (Å²) in [6, 6.07) is 7.69. The smallest absolute Gasteiger partial charge is 0.121 e. The molecule has 1 aromatic carbocycles. The van der Waals surface area contributed by atoms with Gasteiger partial charge in [0.25, 0.3) is 0 Å². The van der Waals surface area contributed by atoms with Crippen LogP contribution in [0.2, 0.25) is 0 Å². The highest BCUT2D eigenvalue weighted by Gasteiger charge is 1.94. The van der Waals surface area contributed by atoms with Crippen molar-refractivity contribution >= 4 is 5.69 Å². The van der Waals surface area contributed by atoms with E-state index < -0.39 is 0 Å². The first-order chi connectivity index (χ1) is 7.36. The van der Waals surface area contributed by atoms with Crippen molar-refractivity contribution in [2.45, 2.75) is 20.8 Å². The van der Waals surface area contributed by atoms with Crippen LogP contribution in [0.1, 0.15) is 20.8 Å². The molecule has 15 heavy (non-hydrogen) atoms. The van der Waals surface area contributed by atoms with E-state index in [9.17, 15) is 0 Å². The molecule has 3 heteroatoms. The van der Waals surface area contributed by atoms with E-state index in [2.05, 4.69) is 5.32 Å². The van der Waals surface area contributed by atoms with Gasteiger partial charge in [0.15, 0.2) is 0 Å². The molecule has 0 aromatic heterocycles. The molecule has 86 valence electrons. The molecule has 0 amide bonds. The molecule has 0 radical (unpaired) electrons. The van der Waals surface area contributed by atoms with Gasteiger partial charge in [-0.15, -0.1) is 0 Å². The van der Waals surface area contributed by atoms with Crippen LogP contribution in [0.3, 0.4) is 0 Å². The van der Waals surface area contributed by atoms with Crippen LogP contribution >= 0.6 is 0 Å². The van der Waals surface area contributed by atoms with Gasteiger partial charge in [0, 0.05) is 18.3 Å². The SMILES string of the molecule is CC.CCNc1cccc(OCCO)c1. The lowest BCUT2D eigenvalue weighted by Crippen LogP contribution is -2.02. The lowest BCUT2D eigenvalue weighted by atomic mass is 10.3. The van der Waals surface area contributed by atoms with Crippen LogP contribution in [0.5, 0.6) is 5.75 Å². The topological polar surface area (TPSA) is 41.5 Å². The lowest BCUT2D eigenvalue weighted by molar-refractivity contribution is 0.201. The van der Waals surface area contributed by atoms with Crippen molar-refractivity contribution in [1.82, 2.24) is 0 Å². The molecule has 3 nitrogen and oxygen atoms in total. The van der Waals surface area contributed by atoms with Crippen LogP contribution in [0.25, 0.3) is 0 Å². The van der Waals surface area contributed by atoms with Crippen molar-refractivity contribution in [1.29, 1.82) is 0 Å². The average molecular weight is 211 g/mol. The fourth-order valence-corrected chi connectivity index (χ4v) is 1.06. The Morgan fingerprint density at radius 2 is 2.07 bits per heavy atom. The third kappa shape index (κ3) is 5.96. The molecule has 0 saturated carbocycles. The van der Waals surface area contributed by atoms with E-state index in [4.69, 9.17) is 9.84 Å². The molecule has 0 heterocycles. The molecule has 0 saturated heterocycles. The summed E-state index contributed by atoms with van der Waals surface area (Å²) in [5.41, 5.74) is 1.04. The van der Waals surface area contributed by atoms with Crippen molar-refractivity contribution in [3.63, 3.8) is 0 Å². The average Bonchev–Trinajstić information content (AvgIpc) is 2.30. The van der Waals surface area contributed by atoms with E-state index in [1.807, 2.05) is 45.0 Å².